The normalized spacial score (nSPS) is 20.4. The fraction of sp³-hybridized carbons (Fsp3) is 0.259. The lowest BCUT2D eigenvalue weighted by Crippen LogP contribution is -2.36. The molecule has 0 bridgehead atoms. The molecule has 1 amide bonds. The predicted molar refractivity (Wildman–Crippen MR) is 150 cm³/mol. The van der Waals surface area contributed by atoms with Crippen molar-refractivity contribution in [3.63, 3.8) is 0 Å². The number of carbonyl (C=O) groups excluding carboxylic acids is 1. The Kier molecular flexibility index (Phi) is 7.94. The van der Waals surface area contributed by atoms with Crippen LogP contribution in [0.15, 0.2) is 59.8 Å². The van der Waals surface area contributed by atoms with Crippen molar-refractivity contribution < 1.29 is 28.0 Å². The SMILES string of the molecule is CNC(=O)[C@H]1C[C@@H](n2cnc3c(NCc4cccc(Cl)c4)nc(C#Cc4cccc(S(=O)(=O)O)c4)nc32)[C@H](O)[C@@H]1O. The van der Waals surface area contributed by atoms with Gasteiger partial charge in [-0.3, -0.25) is 9.35 Å². The van der Waals surface area contributed by atoms with Gasteiger partial charge in [0, 0.05) is 24.2 Å². The molecule has 1 fully saturated rings. The monoisotopic (exact) mass is 596 g/mol. The average Bonchev–Trinajstić information content (AvgIpc) is 3.50. The van der Waals surface area contributed by atoms with E-state index in [1.165, 1.54) is 31.6 Å². The summed E-state index contributed by atoms with van der Waals surface area (Å²) in [6.07, 6.45) is -0.936. The van der Waals surface area contributed by atoms with Gasteiger partial charge in [0.05, 0.1) is 29.3 Å². The van der Waals surface area contributed by atoms with Crippen LogP contribution in [0.1, 0.15) is 29.4 Å². The zero-order valence-electron chi connectivity index (χ0n) is 21.6. The number of imidazole rings is 1. The smallest absolute Gasteiger partial charge is 0.294 e. The van der Waals surface area contributed by atoms with Crippen LogP contribution < -0.4 is 10.6 Å². The van der Waals surface area contributed by atoms with Crippen LogP contribution >= 0.6 is 11.6 Å². The Balaban J connectivity index is 1.56. The number of benzene rings is 2. The molecule has 0 saturated heterocycles. The highest BCUT2D eigenvalue weighted by Gasteiger charge is 2.46. The van der Waals surface area contributed by atoms with Crippen molar-refractivity contribution in [2.75, 3.05) is 12.4 Å². The third kappa shape index (κ3) is 6.02. The molecular formula is C27H25ClN6O6S. The maximum absolute atomic E-state index is 12.3. The number of rotatable bonds is 6. The molecule has 41 heavy (non-hydrogen) atoms. The van der Waals surface area contributed by atoms with Crippen molar-refractivity contribution in [2.45, 2.75) is 36.1 Å². The highest BCUT2D eigenvalue weighted by molar-refractivity contribution is 7.85. The van der Waals surface area contributed by atoms with Gasteiger partial charge in [0.15, 0.2) is 17.0 Å². The Hall–Kier alpha value is -4.06. The largest absolute Gasteiger partial charge is 0.390 e. The van der Waals surface area contributed by atoms with Gasteiger partial charge in [-0.05, 0) is 48.2 Å². The number of amides is 1. The summed E-state index contributed by atoms with van der Waals surface area (Å²) in [5.74, 6) is 4.80. The quantitative estimate of drug-likeness (QED) is 0.163. The minimum Gasteiger partial charge on any atom is -0.390 e. The first-order valence-electron chi connectivity index (χ1n) is 12.5. The molecule has 0 radical (unpaired) electrons. The van der Waals surface area contributed by atoms with E-state index in [0.29, 0.717) is 34.1 Å². The molecule has 2 heterocycles. The number of nitrogens with zero attached hydrogens (tertiary/aromatic N) is 4. The maximum atomic E-state index is 12.3. The summed E-state index contributed by atoms with van der Waals surface area (Å²) in [5, 5.41) is 27.7. The first kappa shape index (κ1) is 28.5. The second kappa shape index (κ2) is 11.4. The molecule has 1 aliphatic rings. The van der Waals surface area contributed by atoms with Crippen LogP contribution in [0.2, 0.25) is 5.02 Å². The Morgan fingerprint density at radius 1 is 1.12 bits per heavy atom. The fourth-order valence-corrected chi connectivity index (χ4v) is 5.50. The average molecular weight is 597 g/mol. The summed E-state index contributed by atoms with van der Waals surface area (Å²) in [6.45, 7) is 0.340. The van der Waals surface area contributed by atoms with E-state index in [1.54, 1.807) is 22.8 Å². The second-order valence-corrected chi connectivity index (χ2v) is 11.3. The van der Waals surface area contributed by atoms with E-state index < -0.39 is 34.3 Å². The van der Waals surface area contributed by atoms with Crippen LogP contribution in [0.25, 0.3) is 11.2 Å². The van der Waals surface area contributed by atoms with Gasteiger partial charge in [0.1, 0.15) is 6.10 Å². The summed E-state index contributed by atoms with van der Waals surface area (Å²) in [6, 6.07) is 12.0. The van der Waals surface area contributed by atoms with Crippen LogP contribution in [0.4, 0.5) is 5.82 Å². The molecule has 1 saturated carbocycles. The number of hydrogen-bond acceptors (Lipinski definition) is 9. The van der Waals surface area contributed by atoms with E-state index >= 15 is 0 Å². The van der Waals surface area contributed by atoms with Crippen molar-refractivity contribution in [3.05, 3.63) is 76.8 Å². The molecule has 5 rings (SSSR count). The summed E-state index contributed by atoms with van der Waals surface area (Å²) >= 11 is 6.12. The Morgan fingerprint density at radius 3 is 2.63 bits per heavy atom. The van der Waals surface area contributed by atoms with Crippen molar-refractivity contribution in [1.82, 2.24) is 24.8 Å². The lowest BCUT2D eigenvalue weighted by molar-refractivity contribution is -0.128. The van der Waals surface area contributed by atoms with E-state index in [9.17, 15) is 28.0 Å². The van der Waals surface area contributed by atoms with E-state index in [0.717, 1.165) is 5.56 Å². The molecule has 4 aromatic rings. The van der Waals surface area contributed by atoms with Crippen molar-refractivity contribution in [2.24, 2.45) is 5.92 Å². The number of aliphatic hydroxyl groups excluding tert-OH is 2. The topological polar surface area (TPSA) is 180 Å². The summed E-state index contributed by atoms with van der Waals surface area (Å²) in [7, 11) is -2.95. The molecular weight excluding hydrogens is 572 g/mol. The lowest BCUT2D eigenvalue weighted by atomic mass is 10.1. The van der Waals surface area contributed by atoms with Crippen LogP contribution in [-0.2, 0) is 21.5 Å². The molecule has 0 aliphatic heterocycles. The van der Waals surface area contributed by atoms with Crippen molar-refractivity contribution >= 4 is 44.6 Å². The summed E-state index contributed by atoms with van der Waals surface area (Å²) < 4.78 is 34.0. The van der Waals surface area contributed by atoms with E-state index in [1.807, 2.05) is 12.1 Å². The van der Waals surface area contributed by atoms with Crippen LogP contribution in [-0.4, -0.2) is 67.9 Å². The van der Waals surface area contributed by atoms with E-state index in [-0.39, 0.29) is 23.0 Å². The summed E-state index contributed by atoms with van der Waals surface area (Å²) in [5.41, 5.74) is 1.85. The van der Waals surface area contributed by atoms with E-state index in [4.69, 9.17) is 11.6 Å². The minimum absolute atomic E-state index is 0.0565. The molecule has 212 valence electrons. The van der Waals surface area contributed by atoms with Crippen molar-refractivity contribution in [1.29, 1.82) is 0 Å². The number of nitrogens with one attached hydrogen (secondary N) is 2. The second-order valence-electron chi connectivity index (χ2n) is 9.46. The fourth-order valence-electron chi connectivity index (χ4n) is 4.76. The van der Waals surface area contributed by atoms with Gasteiger partial charge in [0.25, 0.3) is 10.1 Å². The Bertz CT molecular complexity index is 1800. The molecule has 14 heteroatoms. The molecule has 4 atom stereocenters. The zero-order valence-corrected chi connectivity index (χ0v) is 23.1. The van der Waals surface area contributed by atoms with Crippen LogP contribution in [0.3, 0.4) is 0 Å². The predicted octanol–water partition coefficient (Wildman–Crippen LogP) is 1.77. The standard InChI is InChI=1S/C27H25ClN6O6S/c1-29-27(37)19-12-20(24(36)23(19)35)34-14-31-22-25(30-13-16-5-2-6-17(28)10-16)32-21(33-26(22)34)9-8-15-4-3-7-18(11-15)41(38,39)40/h2-7,10-11,14,19-20,23-24,35-36H,12-13H2,1H3,(H,29,37)(H,30,32,33)(H,38,39,40)/t19-,20+,23+,24-/m0/s1. The molecule has 0 unspecified atom stereocenters. The third-order valence-corrected chi connectivity index (χ3v) is 7.90. The molecule has 12 nitrogen and oxygen atoms in total. The number of carbonyl (C=O) groups is 1. The van der Waals surface area contributed by atoms with Gasteiger partial charge in [-0.1, -0.05) is 35.7 Å². The Morgan fingerprint density at radius 2 is 1.90 bits per heavy atom. The van der Waals surface area contributed by atoms with Crippen molar-refractivity contribution in [3.8, 4) is 11.8 Å². The highest BCUT2D eigenvalue weighted by atomic mass is 35.5. The van der Waals surface area contributed by atoms with Gasteiger partial charge in [-0.2, -0.15) is 8.42 Å². The number of anilines is 1. The summed E-state index contributed by atoms with van der Waals surface area (Å²) in [4.78, 5) is 25.5. The maximum Gasteiger partial charge on any atom is 0.294 e. The Labute approximate surface area is 240 Å². The number of fused-ring (bicyclic) bond motifs is 1. The van der Waals surface area contributed by atoms with Crippen LogP contribution in [0, 0.1) is 17.8 Å². The third-order valence-electron chi connectivity index (χ3n) is 6.81. The minimum atomic E-state index is -4.41. The van der Waals surface area contributed by atoms with Gasteiger partial charge in [-0.15, -0.1) is 0 Å². The lowest BCUT2D eigenvalue weighted by Gasteiger charge is -2.18. The zero-order chi connectivity index (χ0) is 29.3. The van der Waals surface area contributed by atoms with Gasteiger partial charge >= 0.3 is 0 Å². The number of aromatic nitrogens is 4. The van der Waals surface area contributed by atoms with Gasteiger partial charge < -0.3 is 25.4 Å². The molecule has 5 N–H and O–H groups in total. The first-order valence-corrected chi connectivity index (χ1v) is 14.3. The number of aliphatic hydroxyl groups is 2. The van der Waals surface area contributed by atoms with E-state index in [2.05, 4.69) is 37.4 Å². The van der Waals surface area contributed by atoms with Gasteiger partial charge in [0.2, 0.25) is 11.7 Å². The number of hydrogen-bond donors (Lipinski definition) is 5. The first-order chi connectivity index (χ1) is 19.5. The molecule has 2 aromatic heterocycles. The molecule has 0 spiro atoms. The number of halogens is 1. The van der Waals surface area contributed by atoms with Crippen LogP contribution in [0.5, 0.6) is 0 Å². The molecule has 1 aliphatic carbocycles. The van der Waals surface area contributed by atoms with Gasteiger partial charge in [-0.25, -0.2) is 15.0 Å². The highest BCUT2D eigenvalue weighted by Crippen LogP contribution is 2.37. The molecule has 2 aromatic carbocycles.